The number of methoxy groups -OCH3 is 2. The van der Waals surface area contributed by atoms with E-state index in [1.807, 2.05) is 18.5 Å². The molecule has 1 unspecified atom stereocenters. The van der Waals surface area contributed by atoms with E-state index in [0.29, 0.717) is 6.04 Å². The summed E-state index contributed by atoms with van der Waals surface area (Å²) in [6, 6.07) is 8.64. The predicted molar refractivity (Wildman–Crippen MR) is 92.5 cm³/mol. The van der Waals surface area contributed by atoms with Crippen LogP contribution in [0.4, 0.5) is 11.4 Å². The third-order valence-electron chi connectivity index (χ3n) is 4.35. The van der Waals surface area contributed by atoms with Crippen molar-refractivity contribution in [3.63, 3.8) is 0 Å². The topological polar surface area (TPSA) is 46.6 Å². The lowest BCUT2D eigenvalue weighted by Gasteiger charge is -2.39. The van der Waals surface area contributed by atoms with Crippen molar-refractivity contribution in [1.29, 1.82) is 0 Å². The molecule has 0 bridgehead atoms. The Labute approximate surface area is 137 Å². The largest absolute Gasteiger partial charge is 0.493 e. The molecule has 0 saturated heterocycles. The second-order valence-electron chi connectivity index (χ2n) is 5.65. The number of nitrogens with zero attached hydrogens (tertiary/aromatic N) is 2. The van der Waals surface area contributed by atoms with Gasteiger partial charge < -0.3 is 19.7 Å². The van der Waals surface area contributed by atoms with E-state index in [2.05, 4.69) is 40.3 Å². The van der Waals surface area contributed by atoms with Gasteiger partial charge in [-0.3, -0.25) is 4.98 Å². The van der Waals surface area contributed by atoms with Gasteiger partial charge in [-0.05, 0) is 24.1 Å². The highest BCUT2D eigenvalue weighted by molar-refractivity contribution is 5.77. The van der Waals surface area contributed by atoms with Gasteiger partial charge in [0.25, 0.3) is 0 Å². The Kier molecular flexibility index (Phi) is 4.55. The Morgan fingerprint density at radius 3 is 2.52 bits per heavy atom. The predicted octanol–water partition coefficient (Wildman–Crippen LogP) is 3.31. The van der Waals surface area contributed by atoms with E-state index in [1.54, 1.807) is 14.2 Å². The lowest BCUT2D eigenvalue weighted by Crippen LogP contribution is -2.43. The molecule has 0 saturated carbocycles. The highest BCUT2D eigenvalue weighted by Gasteiger charge is 2.26. The van der Waals surface area contributed by atoms with Crippen molar-refractivity contribution in [2.45, 2.75) is 25.9 Å². The van der Waals surface area contributed by atoms with Crippen molar-refractivity contribution >= 4 is 11.4 Å². The molecule has 1 aliphatic rings. The fourth-order valence-electron chi connectivity index (χ4n) is 3.05. The third-order valence-corrected chi connectivity index (χ3v) is 4.35. The van der Waals surface area contributed by atoms with E-state index < -0.39 is 0 Å². The molecule has 1 N–H and O–H groups in total. The first-order chi connectivity index (χ1) is 11.3. The summed E-state index contributed by atoms with van der Waals surface area (Å²) in [5.41, 5.74) is 3.49. The van der Waals surface area contributed by atoms with Crippen LogP contribution in [0.15, 0.2) is 36.7 Å². The molecule has 0 radical (unpaired) electrons. The highest BCUT2D eigenvalue weighted by Crippen LogP contribution is 2.41. The maximum atomic E-state index is 5.48. The van der Waals surface area contributed by atoms with Crippen LogP contribution in [0.25, 0.3) is 0 Å². The van der Waals surface area contributed by atoms with E-state index in [1.165, 1.54) is 5.56 Å². The number of ether oxygens (including phenoxy) is 2. The quantitative estimate of drug-likeness (QED) is 0.917. The standard InChI is InChI=1S/C18H23N3O2/c1-4-14-11-20-15-9-17(22-2)18(23-3)10-16(15)21(14)12-13-5-7-19-8-6-13/h5-10,14,20H,4,11-12H2,1-3H3. The van der Waals surface area contributed by atoms with Gasteiger partial charge in [0, 0.05) is 43.7 Å². The molecule has 2 heterocycles. The summed E-state index contributed by atoms with van der Waals surface area (Å²) < 4.78 is 10.9. The van der Waals surface area contributed by atoms with Gasteiger partial charge in [-0.2, -0.15) is 0 Å². The van der Waals surface area contributed by atoms with Gasteiger partial charge in [0.1, 0.15) is 0 Å². The molecule has 1 atom stereocenters. The summed E-state index contributed by atoms with van der Waals surface area (Å²) in [5, 5.41) is 3.52. The summed E-state index contributed by atoms with van der Waals surface area (Å²) in [6.45, 7) is 3.99. The van der Waals surface area contributed by atoms with Crippen LogP contribution >= 0.6 is 0 Å². The Hall–Kier alpha value is -2.43. The smallest absolute Gasteiger partial charge is 0.162 e. The van der Waals surface area contributed by atoms with E-state index in [0.717, 1.165) is 42.4 Å². The number of anilines is 2. The van der Waals surface area contributed by atoms with Gasteiger partial charge in [0.2, 0.25) is 0 Å². The summed E-state index contributed by atoms with van der Waals surface area (Å²) in [5.74, 6) is 1.50. The summed E-state index contributed by atoms with van der Waals surface area (Å²) >= 11 is 0. The van der Waals surface area contributed by atoms with Crippen LogP contribution in [-0.2, 0) is 6.54 Å². The fraction of sp³-hybridized carbons (Fsp3) is 0.389. The Morgan fingerprint density at radius 2 is 1.87 bits per heavy atom. The Balaban J connectivity index is 2.00. The number of nitrogens with one attached hydrogen (secondary N) is 1. The SMILES string of the molecule is CCC1CNc2cc(OC)c(OC)cc2N1Cc1ccncc1. The van der Waals surface area contributed by atoms with Crippen LogP contribution in [0.1, 0.15) is 18.9 Å². The Morgan fingerprint density at radius 1 is 1.17 bits per heavy atom. The van der Waals surface area contributed by atoms with Crippen LogP contribution in [0, 0.1) is 0 Å². The molecule has 1 aromatic heterocycles. The van der Waals surface area contributed by atoms with Crippen LogP contribution < -0.4 is 19.7 Å². The van der Waals surface area contributed by atoms with Crippen molar-refractivity contribution in [2.24, 2.45) is 0 Å². The molecular weight excluding hydrogens is 290 g/mol. The first-order valence-electron chi connectivity index (χ1n) is 7.92. The number of fused-ring (bicyclic) bond motifs is 1. The summed E-state index contributed by atoms with van der Waals surface area (Å²) in [4.78, 5) is 6.54. The first-order valence-corrected chi connectivity index (χ1v) is 7.92. The zero-order valence-electron chi connectivity index (χ0n) is 13.9. The van der Waals surface area contributed by atoms with E-state index in [4.69, 9.17) is 9.47 Å². The molecule has 0 amide bonds. The minimum Gasteiger partial charge on any atom is -0.493 e. The number of pyridine rings is 1. The molecule has 1 aromatic carbocycles. The van der Waals surface area contributed by atoms with E-state index in [-0.39, 0.29) is 0 Å². The fourth-order valence-corrected chi connectivity index (χ4v) is 3.05. The normalized spacial score (nSPS) is 16.5. The Bertz CT molecular complexity index is 661. The van der Waals surface area contributed by atoms with Gasteiger partial charge in [-0.25, -0.2) is 0 Å². The third kappa shape index (κ3) is 3.04. The van der Waals surface area contributed by atoms with E-state index in [9.17, 15) is 0 Å². The molecule has 23 heavy (non-hydrogen) atoms. The lowest BCUT2D eigenvalue weighted by molar-refractivity contribution is 0.355. The summed E-state index contributed by atoms with van der Waals surface area (Å²) in [7, 11) is 3.33. The van der Waals surface area contributed by atoms with Gasteiger partial charge in [-0.15, -0.1) is 0 Å². The zero-order valence-corrected chi connectivity index (χ0v) is 13.9. The molecule has 0 fully saturated rings. The molecule has 2 aromatic rings. The van der Waals surface area contributed by atoms with Crippen LogP contribution in [0.3, 0.4) is 0 Å². The summed E-state index contributed by atoms with van der Waals surface area (Å²) in [6.07, 6.45) is 4.76. The van der Waals surface area contributed by atoms with Crippen molar-refractivity contribution in [3.05, 3.63) is 42.2 Å². The maximum Gasteiger partial charge on any atom is 0.162 e. The molecule has 5 nitrogen and oxygen atoms in total. The van der Waals surface area contributed by atoms with Crippen molar-refractivity contribution in [3.8, 4) is 11.5 Å². The number of hydrogen-bond acceptors (Lipinski definition) is 5. The van der Waals surface area contributed by atoms with Crippen LogP contribution in [0.5, 0.6) is 11.5 Å². The lowest BCUT2D eigenvalue weighted by atomic mass is 10.0. The van der Waals surface area contributed by atoms with Gasteiger partial charge >= 0.3 is 0 Å². The molecule has 0 spiro atoms. The highest BCUT2D eigenvalue weighted by atomic mass is 16.5. The van der Waals surface area contributed by atoms with Crippen LogP contribution in [-0.4, -0.2) is 31.8 Å². The minimum absolute atomic E-state index is 0.439. The second kappa shape index (κ2) is 6.77. The van der Waals surface area contributed by atoms with Crippen LogP contribution in [0.2, 0.25) is 0 Å². The van der Waals surface area contributed by atoms with Gasteiger partial charge in [-0.1, -0.05) is 6.92 Å². The monoisotopic (exact) mass is 313 g/mol. The average molecular weight is 313 g/mol. The molecule has 0 aliphatic carbocycles. The minimum atomic E-state index is 0.439. The van der Waals surface area contributed by atoms with Gasteiger partial charge in [0.15, 0.2) is 11.5 Å². The maximum absolute atomic E-state index is 5.48. The number of hydrogen-bond donors (Lipinski definition) is 1. The molecule has 1 aliphatic heterocycles. The molecule has 122 valence electrons. The van der Waals surface area contributed by atoms with E-state index >= 15 is 0 Å². The van der Waals surface area contributed by atoms with Crippen molar-refractivity contribution in [2.75, 3.05) is 31.0 Å². The van der Waals surface area contributed by atoms with Crippen molar-refractivity contribution in [1.82, 2.24) is 4.98 Å². The number of aromatic nitrogens is 1. The number of benzene rings is 1. The molecular formula is C18H23N3O2. The zero-order chi connectivity index (χ0) is 16.2. The average Bonchev–Trinajstić information content (AvgIpc) is 2.61. The second-order valence-corrected chi connectivity index (χ2v) is 5.65. The van der Waals surface area contributed by atoms with Crippen molar-refractivity contribution < 1.29 is 9.47 Å². The van der Waals surface area contributed by atoms with Gasteiger partial charge in [0.05, 0.1) is 25.6 Å². The first kappa shape index (κ1) is 15.5. The molecule has 5 heteroatoms. The number of rotatable bonds is 5. The molecule has 3 rings (SSSR count).